The Bertz CT molecular complexity index is 901. The predicted octanol–water partition coefficient (Wildman–Crippen LogP) is 1.85. The zero-order valence-electron chi connectivity index (χ0n) is 13.6. The van der Waals surface area contributed by atoms with Crippen LogP contribution in [-0.4, -0.2) is 32.8 Å². The molecule has 6 nitrogen and oxygen atoms in total. The zero-order chi connectivity index (χ0) is 17.1. The van der Waals surface area contributed by atoms with E-state index < -0.39 is 6.10 Å². The Balaban J connectivity index is 1.72. The van der Waals surface area contributed by atoms with Gasteiger partial charge in [0.25, 0.3) is 5.56 Å². The Hall–Kier alpha value is -2.73. The maximum absolute atomic E-state index is 12.4. The molecule has 24 heavy (non-hydrogen) atoms. The minimum Gasteiger partial charge on any atom is -0.490 e. The van der Waals surface area contributed by atoms with Crippen LogP contribution in [0.3, 0.4) is 0 Å². The van der Waals surface area contributed by atoms with Crippen LogP contribution in [0.4, 0.5) is 0 Å². The van der Waals surface area contributed by atoms with E-state index in [4.69, 9.17) is 4.74 Å². The molecule has 2 aromatic carbocycles. The lowest BCUT2D eigenvalue weighted by Crippen LogP contribution is -2.32. The smallest absolute Gasteiger partial charge is 0.277 e. The minimum absolute atomic E-state index is 0.0294. The first-order valence-corrected chi connectivity index (χ1v) is 7.76. The lowest BCUT2D eigenvalue weighted by Gasteiger charge is -2.16. The summed E-state index contributed by atoms with van der Waals surface area (Å²) in [4.78, 5) is 12.4. The molecule has 0 fully saturated rings. The Morgan fingerprint density at radius 1 is 1.12 bits per heavy atom. The van der Waals surface area contributed by atoms with Crippen molar-refractivity contribution in [2.24, 2.45) is 0 Å². The van der Waals surface area contributed by atoms with Crippen molar-refractivity contribution in [3.05, 3.63) is 63.9 Å². The molecule has 0 aliphatic rings. The van der Waals surface area contributed by atoms with E-state index >= 15 is 0 Å². The van der Waals surface area contributed by atoms with Gasteiger partial charge in [0.15, 0.2) is 0 Å². The van der Waals surface area contributed by atoms with Gasteiger partial charge in [-0.15, -0.1) is 5.10 Å². The van der Waals surface area contributed by atoms with Crippen LogP contribution >= 0.6 is 0 Å². The Labute approximate surface area is 139 Å². The van der Waals surface area contributed by atoms with E-state index in [-0.39, 0.29) is 18.7 Å². The molecule has 1 N–H and O–H groups in total. The van der Waals surface area contributed by atoms with Crippen molar-refractivity contribution in [3.8, 4) is 5.75 Å². The molecule has 0 saturated heterocycles. The molecule has 0 aliphatic heterocycles. The average Bonchev–Trinajstić information content (AvgIpc) is 2.57. The first-order chi connectivity index (χ1) is 11.6. The van der Waals surface area contributed by atoms with Crippen molar-refractivity contribution < 1.29 is 9.84 Å². The molecular formula is C18H19N3O3. The van der Waals surface area contributed by atoms with E-state index in [0.717, 1.165) is 16.9 Å². The molecular weight excluding hydrogens is 306 g/mol. The van der Waals surface area contributed by atoms with Crippen molar-refractivity contribution in [1.29, 1.82) is 0 Å². The second-order valence-electron chi connectivity index (χ2n) is 5.78. The fourth-order valence-electron chi connectivity index (χ4n) is 2.60. The van der Waals surface area contributed by atoms with Crippen molar-refractivity contribution in [2.75, 3.05) is 6.61 Å². The van der Waals surface area contributed by atoms with Gasteiger partial charge < -0.3 is 9.84 Å². The second kappa shape index (κ2) is 6.80. The number of ether oxygens (including phenoxy) is 1. The maximum Gasteiger partial charge on any atom is 0.277 e. The summed E-state index contributed by atoms with van der Waals surface area (Å²) < 4.78 is 6.88. The van der Waals surface area contributed by atoms with Crippen LogP contribution in [0.25, 0.3) is 10.9 Å². The number of aliphatic hydroxyl groups is 1. The Kier molecular flexibility index (Phi) is 4.57. The van der Waals surface area contributed by atoms with E-state index in [9.17, 15) is 9.90 Å². The van der Waals surface area contributed by atoms with Crippen LogP contribution in [0.1, 0.15) is 11.1 Å². The molecule has 124 valence electrons. The standard InChI is InChI=1S/C18H19N3O3/c1-12-6-5-7-13(2)17(12)24-11-14(22)10-21-18(23)15-8-3-4-9-16(15)19-20-21/h3-9,14,22H,10-11H2,1-2H3/t14-/m1/s1. The number of nitrogens with zero attached hydrogens (tertiary/aromatic N) is 3. The highest BCUT2D eigenvalue weighted by Crippen LogP contribution is 2.22. The third kappa shape index (κ3) is 3.28. The van der Waals surface area contributed by atoms with E-state index in [2.05, 4.69) is 10.3 Å². The molecule has 3 rings (SSSR count). The van der Waals surface area contributed by atoms with Crippen molar-refractivity contribution in [1.82, 2.24) is 15.0 Å². The molecule has 3 aromatic rings. The first-order valence-electron chi connectivity index (χ1n) is 7.76. The summed E-state index contributed by atoms with van der Waals surface area (Å²) in [5.74, 6) is 0.758. The van der Waals surface area contributed by atoms with Gasteiger partial charge >= 0.3 is 0 Å². The van der Waals surface area contributed by atoms with Crippen LogP contribution < -0.4 is 10.3 Å². The molecule has 6 heteroatoms. The number of hydrogen-bond acceptors (Lipinski definition) is 5. The van der Waals surface area contributed by atoms with Gasteiger partial charge in [0.1, 0.15) is 24.0 Å². The summed E-state index contributed by atoms with van der Waals surface area (Å²) in [5.41, 5.74) is 2.28. The number of fused-ring (bicyclic) bond motifs is 1. The number of hydrogen-bond donors (Lipinski definition) is 1. The van der Waals surface area contributed by atoms with Gasteiger partial charge in [0, 0.05) is 0 Å². The molecule has 0 unspecified atom stereocenters. The topological polar surface area (TPSA) is 77.2 Å². The summed E-state index contributed by atoms with van der Waals surface area (Å²) in [7, 11) is 0. The summed E-state index contributed by atoms with van der Waals surface area (Å²) >= 11 is 0. The van der Waals surface area contributed by atoms with Gasteiger partial charge in [0.2, 0.25) is 0 Å². The zero-order valence-corrected chi connectivity index (χ0v) is 13.6. The second-order valence-corrected chi connectivity index (χ2v) is 5.78. The number of aromatic nitrogens is 3. The monoisotopic (exact) mass is 325 g/mol. The molecule has 1 atom stereocenters. The molecule has 1 heterocycles. The largest absolute Gasteiger partial charge is 0.490 e. The lowest BCUT2D eigenvalue weighted by atomic mass is 10.1. The van der Waals surface area contributed by atoms with Gasteiger partial charge in [-0.1, -0.05) is 35.5 Å². The molecule has 0 radical (unpaired) electrons. The van der Waals surface area contributed by atoms with Gasteiger partial charge in [-0.3, -0.25) is 4.79 Å². The van der Waals surface area contributed by atoms with E-state index in [1.54, 1.807) is 24.3 Å². The summed E-state index contributed by atoms with van der Waals surface area (Å²) in [6, 6.07) is 12.9. The fraction of sp³-hybridized carbons (Fsp3) is 0.278. The van der Waals surface area contributed by atoms with Gasteiger partial charge in [-0.2, -0.15) is 0 Å². The summed E-state index contributed by atoms with van der Waals surface area (Å²) in [5, 5.41) is 18.5. The first kappa shape index (κ1) is 16.1. The van der Waals surface area contributed by atoms with Gasteiger partial charge in [0.05, 0.1) is 11.9 Å². The number of para-hydroxylation sites is 1. The quantitative estimate of drug-likeness (QED) is 0.774. The van der Waals surface area contributed by atoms with Crippen molar-refractivity contribution in [3.63, 3.8) is 0 Å². The lowest BCUT2D eigenvalue weighted by molar-refractivity contribution is 0.0867. The molecule has 0 aliphatic carbocycles. The van der Waals surface area contributed by atoms with E-state index in [1.165, 1.54) is 4.68 Å². The van der Waals surface area contributed by atoms with Crippen LogP contribution in [0.15, 0.2) is 47.3 Å². The highest BCUT2D eigenvalue weighted by atomic mass is 16.5. The number of rotatable bonds is 5. The fourth-order valence-corrected chi connectivity index (χ4v) is 2.60. The molecule has 0 spiro atoms. The van der Waals surface area contributed by atoms with E-state index in [1.807, 2.05) is 32.0 Å². The van der Waals surface area contributed by atoms with Crippen molar-refractivity contribution >= 4 is 10.9 Å². The minimum atomic E-state index is -0.864. The van der Waals surface area contributed by atoms with Crippen LogP contribution in [0.5, 0.6) is 5.75 Å². The van der Waals surface area contributed by atoms with Crippen molar-refractivity contribution in [2.45, 2.75) is 26.5 Å². The van der Waals surface area contributed by atoms with Crippen LogP contribution in [0.2, 0.25) is 0 Å². The average molecular weight is 325 g/mol. The highest BCUT2D eigenvalue weighted by Gasteiger charge is 2.12. The normalized spacial score (nSPS) is 12.3. The molecule has 1 aromatic heterocycles. The number of aliphatic hydroxyl groups excluding tert-OH is 1. The third-order valence-electron chi connectivity index (χ3n) is 3.84. The van der Waals surface area contributed by atoms with E-state index in [0.29, 0.717) is 10.9 Å². The molecule has 0 amide bonds. The maximum atomic E-state index is 12.4. The molecule has 0 bridgehead atoms. The third-order valence-corrected chi connectivity index (χ3v) is 3.84. The summed E-state index contributed by atoms with van der Waals surface area (Å²) in [6.45, 7) is 4.01. The Morgan fingerprint density at radius 3 is 2.58 bits per heavy atom. The summed E-state index contributed by atoms with van der Waals surface area (Å²) in [6.07, 6.45) is -0.864. The van der Waals surface area contributed by atoms with Crippen LogP contribution in [-0.2, 0) is 6.54 Å². The van der Waals surface area contributed by atoms with Crippen LogP contribution in [0, 0.1) is 13.8 Å². The van der Waals surface area contributed by atoms with Gasteiger partial charge in [-0.25, -0.2) is 4.68 Å². The Morgan fingerprint density at radius 2 is 1.83 bits per heavy atom. The molecule has 0 saturated carbocycles. The van der Waals surface area contributed by atoms with Gasteiger partial charge in [-0.05, 0) is 37.1 Å². The number of aryl methyl sites for hydroxylation is 2. The highest BCUT2D eigenvalue weighted by molar-refractivity contribution is 5.76. The SMILES string of the molecule is Cc1cccc(C)c1OC[C@H](O)Cn1nnc2ccccc2c1=O. The number of benzene rings is 2. The predicted molar refractivity (Wildman–Crippen MR) is 91.2 cm³/mol.